The van der Waals surface area contributed by atoms with Gasteiger partial charge in [-0.3, -0.25) is 10.1 Å². The van der Waals surface area contributed by atoms with Gasteiger partial charge in [0.05, 0.1) is 24.2 Å². The van der Waals surface area contributed by atoms with Crippen LogP contribution in [0.4, 0.5) is 10.5 Å². The molecular weight excluding hydrogens is 472 g/mol. The van der Waals surface area contributed by atoms with Crippen LogP contribution in [0, 0.1) is 0 Å². The number of rotatable bonds is 6. The van der Waals surface area contributed by atoms with Gasteiger partial charge in [0.1, 0.15) is 12.2 Å². The van der Waals surface area contributed by atoms with E-state index in [1.165, 1.54) is 6.92 Å². The molecule has 2 N–H and O–H groups in total. The first-order valence-electron chi connectivity index (χ1n) is 11.1. The predicted molar refractivity (Wildman–Crippen MR) is 128 cm³/mol. The Morgan fingerprint density at radius 1 is 0.914 bits per heavy atom. The summed E-state index contributed by atoms with van der Waals surface area (Å²) in [5.74, 6) is -0.120. The third kappa shape index (κ3) is 4.92. The molecule has 2 aliphatic heterocycles. The molecule has 4 atom stereocenters. The number of amides is 1. The second-order valence-corrected chi connectivity index (χ2v) is 10.3. The number of sulfonamides is 1. The fraction of sp³-hybridized carbons (Fsp3) is 0.280. The average Bonchev–Trinajstić information content (AvgIpc) is 3.42. The Labute approximate surface area is 202 Å². The van der Waals surface area contributed by atoms with E-state index < -0.39 is 40.5 Å². The van der Waals surface area contributed by atoms with E-state index >= 15 is 0 Å². The largest absolute Gasteiger partial charge is 0.441 e. The van der Waals surface area contributed by atoms with Gasteiger partial charge in [-0.05, 0) is 42.0 Å². The molecule has 35 heavy (non-hydrogen) atoms. The van der Waals surface area contributed by atoms with Gasteiger partial charge < -0.3 is 14.2 Å². The van der Waals surface area contributed by atoms with Crippen molar-refractivity contribution < 1.29 is 32.2 Å². The molecule has 9 nitrogen and oxygen atoms in total. The number of anilines is 1. The summed E-state index contributed by atoms with van der Waals surface area (Å²) >= 11 is 0. The van der Waals surface area contributed by atoms with Crippen molar-refractivity contribution >= 4 is 38.4 Å². The summed E-state index contributed by atoms with van der Waals surface area (Å²) in [6.07, 6.45) is -2.62. The highest BCUT2D eigenvalue weighted by molar-refractivity contribution is 7.89. The zero-order chi connectivity index (χ0) is 24.6. The summed E-state index contributed by atoms with van der Waals surface area (Å²) < 4.78 is 45.7. The summed E-state index contributed by atoms with van der Waals surface area (Å²) in [6, 6.07) is 18.3. The minimum Gasteiger partial charge on any atom is -0.441 e. The summed E-state index contributed by atoms with van der Waals surface area (Å²) in [4.78, 5) is 24.1. The summed E-state index contributed by atoms with van der Waals surface area (Å²) in [7, 11) is -3.82. The lowest BCUT2D eigenvalue weighted by Gasteiger charge is -2.18. The first kappa shape index (κ1) is 23.4. The number of carbonyl (C=O) groups is 2. The quantitative estimate of drug-likeness (QED) is 0.503. The molecule has 0 saturated carbocycles. The standard InChI is InChI=1S/C25H24N2O7S/c1-15(28)17-7-4-8-19(11-17)26-25(29)34-22-14-33-23-21(13-32-24(22)23)27-35(30,31)20-10-9-16-5-2-3-6-18(16)12-20/h2-12,21-24,27H,13-14H2,1H3,(H,26,29)/t21-,22+,23+,24+/m0/s1. The van der Waals surface area contributed by atoms with Crippen molar-refractivity contribution in [1.29, 1.82) is 0 Å². The molecule has 2 aliphatic rings. The molecule has 1 amide bonds. The monoisotopic (exact) mass is 496 g/mol. The maximum absolute atomic E-state index is 13.0. The Morgan fingerprint density at radius 2 is 1.69 bits per heavy atom. The predicted octanol–water partition coefficient (Wildman–Crippen LogP) is 3.10. The third-order valence-corrected chi connectivity index (χ3v) is 7.61. The van der Waals surface area contributed by atoms with Crippen molar-refractivity contribution in [3.05, 3.63) is 72.3 Å². The number of carbonyl (C=O) groups excluding carboxylic acids is 2. The van der Waals surface area contributed by atoms with Crippen molar-refractivity contribution in [2.45, 2.75) is 36.2 Å². The van der Waals surface area contributed by atoms with E-state index in [1.807, 2.05) is 24.3 Å². The third-order valence-electron chi connectivity index (χ3n) is 6.12. The zero-order valence-electron chi connectivity index (χ0n) is 18.8. The lowest BCUT2D eigenvalue weighted by molar-refractivity contribution is 0.00883. The second-order valence-electron chi connectivity index (χ2n) is 8.54. The van der Waals surface area contributed by atoms with E-state index in [0.717, 1.165) is 10.8 Å². The molecule has 0 aliphatic carbocycles. The molecule has 0 unspecified atom stereocenters. The van der Waals surface area contributed by atoms with Gasteiger partial charge in [-0.25, -0.2) is 17.9 Å². The highest BCUT2D eigenvalue weighted by Gasteiger charge is 2.50. The van der Waals surface area contributed by atoms with Crippen LogP contribution in [0.5, 0.6) is 0 Å². The van der Waals surface area contributed by atoms with Gasteiger partial charge in [-0.1, -0.05) is 42.5 Å². The lowest BCUT2D eigenvalue weighted by atomic mass is 10.1. The van der Waals surface area contributed by atoms with Crippen molar-refractivity contribution in [3.8, 4) is 0 Å². The van der Waals surface area contributed by atoms with Crippen LogP contribution in [0.2, 0.25) is 0 Å². The highest BCUT2D eigenvalue weighted by atomic mass is 32.2. The van der Waals surface area contributed by atoms with Crippen LogP contribution in [0.25, 0.3) is 10.8 Å². The van der Waals surface area contributed by atoms with Gasteiger partial charge in [0.15, 0.2) is 11.9 Å². The number of ketones is 1. The van der Waals surface area contributed by atoms with Gasteiger partial charge in [0, 0.05) is 11.3 Å². The minimum absolute atomic E-state index is 0.0739. The molecule has 3 aromatic carbocycles. The smallest absolute Gasteiger partial charge is 0.412 e. The molecule has 0 spiro atoms. The Hall–Kier alpha value is -3.31. The van der Waals surface area contributed by atoms with Crippen LogP contribution in [0.15, 0.2) is 71.6 Å². The number of ether oxygens (including phenoxy) is 3. The van der Waals surface area contributed by atoms with E-state index in [9.17, 15) is 18.0 Å². The lowest BCUT2D eigenvalue weighted by Crippen LogP contribution is -2.44. The van der Waals surface area contributed by atoms with Crippen molar-refractivity contribution in [2.24, 2.45) is 0 Å². The molecule has 0 aromatic heterocycles. The molecule has 2 fully saturated rings. The summed E-state index contributed by atoms with van der Waals surface area (Å²) in [5, 5.41) is 4.36. The van der Waals surface area contributed by atoms with Crippen LogP contribution >= 0.6 is 0 Å². The van der Waals surface area contributed by atoms with Gasteiger partial charge in [-0.2, -0.15) is 0 Å². The topological polar surface area (TPSA) is 120 Å². The van der Waals surface area contributed by atoms with Crippen LogP contribution in [0.1, 0.15) is 17.3 Å². The summed E-state index contributed by atoms with van der Waals surface area (Å²) in [6.45, 7) is 1.60. The number of nitrogens with one attached hydrogen (secondary N) is 2. The SMILES string of the molecule is CC(=O)c1cccc(NC(=O)O[C@@H]2CO[C@H]3[C@@H]2OC[C@@H]3NS(=O)(=O)c2ccc3ccccc3c2)c1. The second kappa shape index (κ2) is 9.38. The van der Waals surface area contributed by atoms with Crippen LogP contribution in [0.3, 0.4) is 0 Å². The van der Waals surface area contributed by atoms with E-state index in [1.54, 1.807) is 42.5 Å². The number of benzene rings is 3. The van der Waals surface area contributed by atoms with Crippen LogP contribution in [-0.4, -0.2) is 57.9 Å². The molecule has 2 saturated heterocycles. The fourth-order valence-corrected chi connectivity index (χ4v) is 5.64. The molecule has 0 bridgehead atoms. The van der Waals surface area contributed by atoms with Gasteiger partial charge in [0.2, 0.25) is 10.0 Å². The Bertz CT molecular complexity index is 1390. The summed E-state index contributed by atoms with van der Waals surface area (Å²) in [5.41, 5.74) is 0.888. The highest BCUT2D eigenvalue weighted by Crippen LogP contribution is 2.30. The molecule has 182 valence electrons. The number of fused-ring (bicyclic) bond motifs is 2. The molecule has 3 aromatic rings. The first-order valence-corrected chi connectivity index (χ1v) is 12.6. The maximum Gasteiger partial charge on any atom is 0.412 e. The van der Waals surface area contributed by atoms with Crippen molar-refractivity contribution in [1.82, 2.24) is 4.72 Å². The first-order chi connectivity index (χ1) is 16.8. The molecule has 5 rings (SSSR count). The number of hydrogen-bond acceptors (Lipinski definition) is 7. The van der Waals surface area contributed by atoms with E-state index in [-0.39, 0.29) is 23.9 Å². The number of Topliss-reactive ketones (excluding diaryl/α,β-unsaturated/α-hetero) is 1. The van der Waals surface area contributed by atoms with Crippen LogP contribution in [-0.2, 0) is 24.2 Å². The van der Waals surface area contributed by atoms with Crippen LogP contribution < -0.4 is 10.0 Å². The van der Waals surface area contributed by atoms with Gasteiger partial charge in [-0.15, -0.1) is 0 Å². The molecule has 0 radical (unpaired) electrons. The Balaban J connectivity index is 1.22. The maximum atomic E-state index is 13.0. The normalized spacial score (nSPS) is 23.7. The molecule has 10 heteroatoms. The van der Waals surface area contributed by atoms with Crippen molar-refractivity contribution in [2.75, 3.05) is 18.5 Å². The number of hydrogen-bond donors (Lipinski definition) is 2. The molecular formula is C25H24N2O7S. The van der Waals surface area contributed by atoms with Crippen molar-refractivity contribution in [3.63, 3.8) is 0 Å². The van der Waals surface area contributed by atoms with E-state index in [0.29, 0.717) is 11.3 Å². The molecule has 2 heterocycles. The zero-order valence-corrected chi connectivity index (χ0v) is 19.7. The van der Waals surface area contributed by atoms with Gasteiger partial charge in [0.25, 0.3) is 0 Å². The van der Waals surface area contributed by atoms with Gasteiger partial charge >= 0.3 is 6.09 Å². The average molecular weight is 497 g/mol. The van der Waals surface area contributed by atoms with E-state index in [2.05, 4.69) is 10.0 Å². The Kier molecular flexibility index (Phi) is 6.28. The fourth-order valence-electron chi connectivity index (χ4n) is 4.37. The van der Waals surface area contributed by atoms with E-state index in [4.69, 9.17) is 14.2 Å². The Morgan fingerprint density at radius 3 is 2.49 bits per heavy atom. The minimum atomic E-state index is -3.82.